The molecule has 1 aliphatic heterocycles. The highest BCUT2D eigenvalue weighted by Gasteiger charge is 2.47. The Morgan fingerprint density at radius 2 is 1.79 bits per heavy atom. The number of aliphatic hydroxyl groups is 4. The van der Waals surface area contributed by atoms with E-state index in [-0.39, 0.29) is 0 Å². The van der Waals surface area contributed by atoms with E-state index in [1.54, 1.807) is 0 Å². The smallest absolute Gasteiger partial charge is 0.238 e. The molecule has 1 rings (SSSR count). The minimum atomic E-state index is -1.66. The van der Waals surface area contributed by atoms with Gasteiger partial charge in [0.1, 0.15) is 24.4 Å². The summed E-state index contributed by atoms with van der Waals surface area (Å²) < 4.78 is 4.89. The molecule has 1 heterocycles. The minimum Gasteiger partial charge on any atom is -0.394 e. The van der Waals surface area contributed by atoms with E-state index in [1.165, 1.54) is 0 Å². The first-order valence-electron chi connectivity index (χ1n) is 5.67. The third-order valence-electron chi connectivity index (χ3n) is 2.78. The number of carbonyl (C=O) groups is 2. The van der Waals surface area contributed by atoms with E-state index >= 15 is 0 Å². The molecule has 0 bridgehead atoms. The molecule has 5 N–H and O–H groups in total. The Bertz CT molecular complexity index is 351. The molecule has 1 unspecified atom stereocenters. The maximum Gasteiger partial charge on any atom is 0.238 e. The standard InChI is InChI=1S/C10H18N2O7/c1-4(14)11-12(5(2)15)7-9(17)8(16)6(3-13)19-10(7)18/h6-10,13,16-18H,3H2,1-2H3,(H,11,14)/t6-,7-,8+,9-,10?/m1/s1. The molecule has 1 fully saturated rings. The van der Waals surface area contributed by atoms with Crippen LogP contribution in [-0.2, 0) is 14.3 Å². The van der Waals surface area contributed by atoms with Gasteiger partial charge in [0.05, 0.1) is 6.61 Å². The zero-order chi connectivity index (χ0) is 14.7. The third-order valence-corrected chi connectivity index (χ3v) is 2.78. The SMILES string of the molecule is CC(=O)NN(C(C)=O)[C@H]1C(O)O[C@H](CO)[C@H](O)[C@@H]1O. The molecule has 0 radical (unpaired) electrons. The summed E-state index contributed by atoms with van der Waals surface area (Å²) in [4.78, 5) is 22.4. The van der Waals surface area contributed by atoms with Gasteiger partial charge in [-0.3, -0.25) is 15.0 Å². The van der Waals surface area contributed by atoms with E-state index in [4.69, 9.17) is 9.84 Å². The predicted octanol–water partition coefficient (Wildman–Crippen LogP) is -3.31. The minimum absolute atomic E-state index is 0.589. The topological polar surface area (TPSA) is 140 Å². The van der Waals surface area contributed by atoms with Gasteiger partial charge < -0.3 is 25.2 Å². The van der Waals surface area contributed by atoms with E-state index in [2.05, 4.69) is 5.43 Å². The number of rotatable bonds is 2. The van der Waals surface area contributed by atoms with Crippen molar-refractivity contribution in [3.05, 3.63) is 0 Å². The third kappa shape index (κ3) is 3.39. The summed E-state index contributed by atoms with van der Waals surface area (Å²) in [6.07, 6.45) is -5.93. The lowest BCUT2D eigenvalue weighted by Crippen LogP contribution is -2.67. The van der Waals surface area contributed by atoms with Crippen molar-refractivity contribution >= 4 is 11.8 Å². The largest absolute Gasteiger partial charge is 0.394 e. The summed E-state index contributed by atoms with van der Waals surface area (Å²) in [5, 5.41) is 38.9. The zero-order valence-electron chi connectivity index (χ0n) is 10.6. The van der Waals surface area contributed by atoms with Crippen LogP contribution < -0.4 is 5.43 Å². The Morgan fingerprint density at radius 1 is 1.21 bits per heavy atom. The van der Waals surface area contributed by atoms with E-state index in [0.29, 0.717) is 5.01 Å². The lowest BCUT2D eigenvalue weighted by atomic mass is 9.96. The van der Waals surface area contributed by atoms with Crippen LogP contribution in [0.15, 0.2) is 0 Å². The number of hydrazine groups is 1. The summed E-state index contributed by atoms with van der Waals surface area (Å²) in [7, 11) is 0. The summed E-state index contributed by atoms with van der Waals surface area (Å²) in [6, 6.07) is -1.38. The van der Waals surface area contributed by atoms with E-state index < -0.39 is 49.1 Å². The first-order valence-corrected chi connectivity index (χ1v) is 5.67. The van der Waals surface area contributed by atoms with Gasteiger partial charge in [0.15, 0.2) is 6.29 Å². The quantitative estimate of drug-likeness (QED) is 0.333. The molecule has 5 atom stereocenters. The molecule has 0 aliphatic carbocycles. The molecule has 9 heteroatoms. The van der Waals surface area contributed by atoms with Crippen LogP contribution in [0, 0.1) is 0 Å². The van der Waals surface area contributed by atoms with Gasteiger partial charge in [0.2, 0.25) is 11.8 Å². The normalized spacial score (nSPS) is 34.7. The summed E-state index contributed by atoms with van der Waals surface area (Å²) >= 11 is 0. The Hall–Kier alpha value is -1.26. The van der Waals surface area contributed by atoms with E-state index in [1.807, 2.05) is 0 Å². The van der Waals surface area contributed by atoms with Crippen molar-refractivity contribution in [1.29, 1.82) is 0 Å². The van der Waals surface area contributed by atoms with Crippen LogP contribution in [0.1, 0.15) is 13.8 Å². The lowest BCUT2D eigenvalue weighted by molar-refractivity contribution is -0.273. The van der Waals surface area contributed by atoms with Crippen LogP contribution in [0.4, 0.5) is 0 Å². The number of amides is 2. The van der Waals surface area contributed by atoms with E-state index in [9.17, 15) is 24.9 Å². The summed E-state index contributed by atoms with van der Waals surface area (Å²) in [5.74, 6) is -1.25. The number of nitrogens with zero attached hydrogens (tertiary/aromatic N) is 1. The van der Waals surface area contributed by atoms with Gasteiger partial charge in [0.25, 0.3) is 0 Å². The van der Waals surface area contributed by atoms with Gasteiger partial charge in [-0.05, 0) is 0 Å². The fourth-order valence-corrected chi connectivity index (χ4v) is 1.89. The number of nitrogens with one attached hydrogen (secondary N) is 1. The lowest BCUT2D eigenvalue weighted by Gasteiger charge is -2.44. The molecule has 19 heavy (non-hydrogen) atoms. The van der Waals surface area contributed by atoms with Gasteiger partial charge in [-0.2, -0.15) is 0 Å². The van der Waals surface area contributed by atoms with Gasteiger partial charge in [0, 0.05) is 13.8 Å². The molecule has 1 aliphatic rings. The second-order valence-electron chi connectivity index (χ2n) is 4.28. The summed E-state index contributed by atoms with van der Waals surface area (Å²) in [5.41, 5.74) is 2.13. The van der Waals surface area contributed by atoms with Crippen LogP contribution >= 0.6 is 0 Å². The number of carbonyl (C=O) groups excluding carboxylic acids is 2. The monoisotopic (exact) mass is 278 g/mol. The summed E-state index contributed by atoms with van der Waals surface area (Å²) in [6.45, 7) is 1.65. The molecule has 2 amide bonds. The maximum absolute atomic E-state index is 11.4. The van der Waals surface area contributed by atoms with Gasteiger partial charge in [-0.15, -0.1) is 0 Å². The van der Waals surface area contributed by atoms with Crippen LogP contribution in [0.5, 0.6) is 0 Å². The highest BCUT2D eigenvalue weighted by Crippen LogP contribution is 2.23. The Morgan fingerprint density at radius 3 is 2.21 bits per heavy atom. The number of hydrogen-bond donors (Lipinski definition) is 5. The fourth-order valence-electron chi connectivity index (χ4n) is 1.89. The Labute approximate surface area is 109 Å². The number of ether oxygens (including phenoxy) is 1. The zero-order valence-corrected chi connectivity index (χ0v) is 10.6. The van der Waals surface area contributed by atoms with Crippen molar-refractivity contribution < 1.29 is 34.8 Å². The molecule has 110 valence electrons. The van der Waals surface area contributed by atoms with Crippen molar-refractivity contribution in [3.63, 3.8) is 0 Å². The molecule has 0 saturated carbocycles. The van der Waals surface area contributed by atoms with Crippen LogP contribution in [0.3, 0.4) is 0 Å². The molecular weight excluding hydrogens is 260 g/mol. The van der Waals surface area contributed by atoms with Crippen LogP contribution in [0.2, 0.25) is 0 Å². The molecule has 1 saturated heterocycles. The Balaban J connectivity index is 2.95. The number of aliphatic hydroxyl groups excluding tert-OH is 4. The van der Waals surface area contributed by atoms with Crippen molar-refractivity contribution in [1.82, 2.24) is 10.4 Å². The fraction of sp³-hybridized carbons (Fsp3) is 0.800. The first-order chi connectivity index (χ1) is 8.79. The molecular formula is C10H18N2O7. The molecule has 9 nitrogen and oxygen atoms in total. The van der Waals surface area contributed by atoms with Crippen molar-refractivity contribution in [2.24, 2.45) is 0 Å². The van der Waals surface area contributed by atoms with Crippen LogP contribution in [-0.4, -0.2) is 74.5 Å². The van der Waals surface area contributed by atoms with Crippen LogP contribution in [0.25, 0.3) is 0 Å². The average Bonchev–Trinajstić information content (AvgIpc) is 2.32. The van der Waals surface area contributed by atoms with Gasteiger partial charge in [-0.1, -0.05) is 0 Å². The number of hydrogen-bond acceptors (Lipinski definition) is 7. The van der Waals surface area contributed by atoms with Gasteiger partial charge >= 0.3 is 0 Å². The van der Waals surface area contributed by atoms with Crippen molar-refractivity contribution in [2.75, 3.05) is 6.61 Å². The second kappa shape index (κ2) is 6.26. The average molecular weight is 278 g/mol. The molecule has 0 spiro atoms. The second-order valence-corrected chi connectivity index (χ2v) is 4.28. The highest BCUT2D eigenvalue weighted by atomic mass is 16.6. The van der Waals surface area contributed by atoms with E-state index in [0.717, 1.165) is 13.8 Å². The molecule has 0 aromatic carbocycles. The van der Waals surface area contributed by atoms with Gasteiger partial charge in [-0.25, -0.2) is 5.01 Å². The van der Waals surface area contributed by atoms with Crippen molar-refractivity contribution in [3.8, 4) is 0 Å². The molecule has 0 aromatic heterocycles. The maximum atomic E-state index is 11.4. The first kappa shape index (κ1) is 15.8. The van der Waals surface area contributed by atoms with Crippen molar-refractivity contribution in [2.45, 2.75) is 44.5 Å². The molecule has 0 aromatic rings. The highest BCUT2D eigenvalue weighted by molar-refractivity contribution is 5.79. The predicted molar refractivity (Wildman–Crippen MR) is 60.1 cm³/mol. The Kier molecular flexibility index (Phi) is 5.20.